The zero-order chi connectivity index (χ0) is 15.9. The lowest BCUT2D eigenvalue weighted by Gasteiger charge is -2.09. The normalized spacial score (nSPS) is 10.5. The predicted molar refractivity (Wildman–Crippen MR) is 88.2 cm³/mol. The van der Waals surface area contributed by atoms with Crippen LogP contribution in [-0.2, 0) is 6.54 Å². The minimum Gasteiger partial charge on any atom is -0.352 e. The van der Waals surface area contributed by atoms with E-state index in [9.17, 15) is 9.59 Å². The molecule has 0 aliphatic rings. The second kappa shape index (κ2) is 7.59. The van der Waals surface area contributed by atoms with E-state index in [1.165, 1.54) is 0 Å². The molecule has 1 aromatic carbocycles. The summed E-state index contributed by atoms with van der Waals surface area (Å²) in [5.74, 6) is -0.0296. The Kier molecular flexibility index (Phi) is 5.53. The number of amides is 1. The minimum atomic E-state index is -0.0296. The van der Waals surface area contributed by atoms with Crippen LogP contribution in [0.3, 0.4) is 0 Å². The van der Waals surface area contributed by atoms with Crippen molar-refractivity contribution in [2.75, 3.05) is 6.54 Å². The molecule has 116 valence electrons. The third kappa shape index (κ3) is 4.32. The highest BCUT2D eigenvalue weighted by Gasteiger charge is 2.08. The average molecular weight is 298 g/mol. The van der Waals surface area contributed by atoms with Crippen LogP contribution in [0.4, 0.5) is 0 Å². The van der Waals surface area contributed by atoms with Crippen LogP contribution in [-0.4, -0.2) is 17.0 Å². The predicted octanol–water partition coefficient (Wildman–Crippen LogP) is 2.68. The fraction of sp³-hybridized carbons (Fsp3) is 0.333. The van der Waals surface area contributed by atoms with Gasteiger partial charge < -0.3 is 9.88 Å². The zero-order valence-corrected chi connectivity index (χ0v) is 13.1. The number of carbonyl (C=O) groups is 1. The smallest absolute Gasteiger partial charge is 0.251 e. The number of hydrogen-bond acceptors (Lipinski definition) is 2. The van der Waals surface area contributed by atoms with Crippen LogP contribution in [0.25, 0.3) is 0 Å². The van der Waals surface area contributed by atoms with E-state index < -0.39 is 0 Å². The van der Waals surface area contributed by atoms with E-state index in [2.05, 4.69) is 5.32 Å². The number of rotatable bonds is 6. The van der Waals surface area contributed by atoms with E-state index in [1.807, 2.05) is 38.1 Å². The van der Waals surface area contributed by atoms with Gasteiger partial charge in [-0.2, -0.15) is 0 Å². The lowest BCUT2D eigenvalue weighted by molar-refractivity contribution is 0.0952. The van der Waals surface area contributed by atoms with Crippen molar-refractivity contribution < 1.29 is 4.79 Å². The van der Waals surface area contributed by atoms with Crippen LogP contribution in [0.1, 0.15) is 34.3 Å². The molecule has 4 nitrogen and oxygen atoms in total. The van der Waals surface area contributed by atoms with Gasteiger partial charge in [-0.25, -0.2) is 0 Å². The maximum atomic E-state index is 12.1. The molecule has 0 saturated heterocycles. The molecule has 2 aromatic rings. The van der Waals surface area contributed by atoms with Gasteiger partial charge in [-0.05, 0) is 44.4 Å². The molecular weight excluding hydrogens is 276 g/mol. The molecule has 22 heavy (non-hydrogen) atoms. The van der Waals surface area contributed by atoms with Crippen LogP contribution >= 0.6 is 0 Å². The largest absolute Gasteiger partial charge is 0.352 e. The molecule has 0 aliphatic heterocycles. The molecule has 0 saturated carbocycles. The molecule has 0 radical (unpaired) electrons. The fourth-order valence-electron chi connectivity index (χ4n) is 2.33. The van der Waals surface area contributed by atoms with E-state index in [4.69, 9.17) is 0 Å². The van der Waals surface area contributed by atoms with Gasteiger partial charge in [0.05, 0.1) is 0 Å². The number of aromatic nitrogens is 1. The highest BCUT2D eigenvalue weighted by molar-refractivity contribution is 5.95. The molecule has 0 atom stereocenters. The molecule has 0 unspecified atom stereocenters. The number of hydrogen-bond donors (Lipinski definition) is 1. The number of benzene rings is 1. The molecule has 4 heteroatoms. The topological polar surface area (TPSA) is 51.1 Å². The third-order valence-corrected chi connectivity index (χ3v) is 3.65. The van der Waals surface area contributed by atoms with Crippen LogP contribution in [0.5, 0.6) is 0 Å². The highest BCUT2D eigenvalue weighted by Crippen LogP contribution is 2.10. The van der Waals surface area contributed by atoms with Crippen LogP contribution in [0.2, 0.25) is 0 Å². The summed E-state index contributed by atoms with van der Waals surface area (Å²) >= 11 is 0. The van der Waals surface area contributed by atoms with Gasteiger partial charge in [0.2, 0.25) is 5.56 Å². The molecule has 0 fully saturated rings. The van der Waals surface area contributed by atoms with Crippen LogP contribution < -0.4 is 10.9 Å². The van der Waals surface area contributed by atoms with E-state index >= 15 is 0 Å². The Morgan fingerprint density at radius 2 is 1.95 bits per heavy atom. The van der Waals surface area contributed by atoms with Crippen molar-refractivity contribution in [1.82, 2.24) is 9.88 Å². The van der Waals surface area contributed by atoms with E-state index in [1.54, 1.807) is 22.9 Å². The van der Waals surface area contributed by atoms with Crippen molar-refractivity contribution in [3.63, 3.8) is 0 Å². The van der Waals surface area contributed by atoms with Gasteiger partial charge in [0.1, 0.15) is 0 Å². The van der Waals surface area contributed by atoms with Crippen molar-refractivity contribution in [3.8, 4) is 0 Å². The first kappa shape index (κ1) is 16.0. The van der Waals surface area contributed by atoms with Gasteiger partial charge in [0.15, 0.2) is 0 Å². The van der Waals surface area contributed by atoms with Crippen molar-refractivity contribution in [2.45, 2.75) is 33.2 Å². The van der Waals surface area contributed by atoms with E-state index in [0.717, 1.165) is 29.5 Å². The lowest BCUT2D eigenvalue weighted by Crippen LogP contribution is -2.26. The number of nitrogens with one attached hydrogen (secondary N) is 1. The lowest BCUT2D eigenvalue weighted by atomic mass is 10.1. The number of pyridine rings is 1. The number of carbonyl (C=O) groups excluding carboxylic acids is 1. The second-order valence-corrected chi connectivity index (χ2v) is 5.51. The Morgan fingerprint density at radius 1 is 1.14 bits per heavy atom. The van der Waals surface area contributed by atoms with E-state index in [-0.39, 0.29) is 11.5 Å². The summed E-state index contributed by atoms with van der Waals surface area (Å²) in [6, 6.07) is 11.0. The third-order valence-electron chi connectivity index (χ3n) is 3.65. The summed E-state index contributed by atoms with van der Waals surface area (Å²) in [7, 11) is 0. The van der Waals surface area contributed by atoms with Crippen molar-refractivity contribution in [1.29, 1.82) is 0 Å². The molecule has 0 bridgehead atoms. The number of aryl methyl sites for hydroxylation is 3. The SMILES string of the molecule is Cc1ccc(C)c(C(=O)NCCCCn2ccccc2=O)c1. The second-order valence-electron chi connectivity index (χ2n) is 5.51. The Bertz CT molecular complexity index is 704. The maximum Gasteiger partial charge on any atom is 0.251 e. The maximum absolute atomic E-state index is 12.1. The van der Waals surface area contributed by atoms with Crippen LogP contribution in [0, 0.1) is 13.8 Å². The average Bonchev–Trinajstić information content (AvgIpc) is 2.51. The van der Waals surface area contributed by atoms with Crippen molar-refractivity contribution >= 4 is 5.91 Å². The number of unbranched alkanes of at least 4 members (excludes halogenated alkanes) is 1. The molecule has 1 N–H and O–H groups in total. The Hall–Kier alpha value is -2.36. The van der Waals surface area contributed by atoms with Crippen molar-refractivity contribution in [2.24, 2.45) is 0 Å². The summed E-state index contributed by atoms with van der Waals surface area (Å²) in [5.41, 5.74) is 2.82. The molecule has 1 heterocycles. The van der Waals surface area contributed by atoms with Gasteiger partial charge >= 0.3 is 0 Å². The molecule has 1 aromatic heterocycles. The quantitative estimate of drug-likeness (QED) is 0.834. The van der Waals surface area contributed by atoms with Crippen molar-refractivity contribution in [3.05, 3.63) is 69.6 Å². The molecule has 0 aliphatic carbocycles. The summed E-state index contributed by atoms with van der Waals surface area (Å²) in [4.78, 5) is 23.7. The van der Waals surface area contributed by atoms with Gasteiger partial charge in [0.25, 0.3) is 5.91 Å². The zero-order valence-electron chi connectivity index (χ0n) is 13.1. The molecule has 0 spiro atoms. The fourth-order valence-corrected chi connectivity index (χ4v) is 2.33. The van der Waals surface area contributed by atoms with Gasteiger partial charge in [-0.15, -0.1) is 0 Å². The Morgan fingerprint density at radius 3 is 2.73 bits per heavy atom. The summed E-state index contributed by atoms with van der Waals surface area (Å²) < 4.78 is 1.69. The first-order valence-electron chi connectivity index (χ1n) is 7.59. The minimum absolute atomic E-state index is 0.0157. The molecule has 1 amide bonds. The Labute approximate surface area is 130 Å². The van der Waals surface area contributed by atoms with Gasteiger partial charge in [0, 0.05) is 30.9 Å². The molecular formula is C18H22N2O2. The van der Waals surface area contributed by atoms with Crippen LogP contribution in [0.15, 0.2) is 47.4 Å². The van der Waals surface area contributed by atoms with E-state index in [0.29, 0.717) is 13.1 Å². The summed E-state index contributed by atoms with van der Waals surface area (Å²) in [5, 5.41) is 2.94. The van der Waals surface area contributed by atoms with Gasteiger partial charge in [-0.3, -0.25) is 9.59 Å². The monoisotopic (exact) mass is 298 g/mol. The molecule has 2 rings (SSSR count). The summed E-state index contributed by atoms with van der Waals surface area (Å²) in [6.07, 6.45) is 3.49. The number of nitrogens with zero attached hydrogens (tertiary/aromatic N) is 1. The standard InChI is InChI=1S/C18H22N2O2/c1-14-8-9-15(2)16(13-14)18(22)19-10-4-6-12-20-11-5-3-7-17(20)21/h3,5,7-9,11,13H,4,6,10,12H2,1-2H3,(H,19,22). The summed E-state index contributed by atoms with van der Waals surface area (Å²) in [6.45, 7) is 5.22. The van der Waals surface area contributed by atoms with Gasteiger partial charge in [-0.1, -0.05) is 23.8 Å². The first-order valence-corrected chi connectivity index (χ1v) is 7.59. The Balaban J connectivity index is 1.77. The first-order chi connectivity index (χ1) is 10.6. The highest BCUT2D eigenvalue weighted by atomic mass is 16.1.